The Labute approximate surface area is 133 Å². The number of amides is 2. The second kappa shape index (κ2) is 9.29. The van der Waals surface area contributed by atoms with Gasteiger partial charge < -0.3 is 10.1 Å². The SMILES string of the molecule is O=C(NCCCN1CCOCC1)C(=O)NN=Cc1cccs1. The van der Waals surface area contributed by atoms with Crippen molar-refractivity contribution in [2.24, 2.45) is 5.10 Å². The Hall–Kier alpha value is -1.77. The molecule has 0 spiro atoms. The third-order valence-electron chi connectivity index (χ3n) is 3.15. The molecule has 0 atom stereocenters. The molecule has 2 N–H and O–H groups in total. The molecule has 0 radical (unpaired) electrons. The molecule has 0 bridgehead atoms. The highest BCUT2D eigenvalue weighted by atomic mass is 32.1. The summed E-state index contributed by atoms with van der Waals surface area (Å²) in [5.41, 5.74) is 2.21. The number of ether oxygens (including phenoxy) is 1. The van der Waals surface area contributed by atoms with Crippen LogP contribution in [0.2, 0.25) is 0 Å². The third kappa shape index (κ3) is 5.92. The van der Waals surface area contributed by atoms with Crippen LogP contribution in [0.5, 0.6) is 0 Å². The molecule has 0 aliphatic carbocycles. The molecular weight excluding hydrogens is 304 g/mol. The second-order valence-corrected chi connectivity index (χ2v) is 5.76. The molecule has 2 heterocycles. The van der Waals surface area contributed by atoms with Gasteiger partial charge in [-0.3, -0.25) is 14.5 Å². The van der Waals surface area contributed by atoms with Crippen LogP contribution in [0.4, 0.5) is 0 Å². The molecule has 8 heteroatoms. The second-order valence-electron chi connectivity index (χ2n) is 4.78. The molecule has 120 valence electrons. The van der Waals surface area contributed by atoms with Gasteiger partial charge in [0.2, 0.25) is 0 Å². The van der Waals surface area contributed by atoms with Gasteiger partial charge in [-0.05, 0) is 24.4 Å². The van der Waals surface area contributed by atoms with E-state index in [2.05, 4.69) is 20.7 Å². The Bertz CT molecular complexity index is 498. The standard InChI is InChI=1S/C14H20N4O3S/c19-13(14(20)17-16-11-12-3-1-10-22-12)15-4-2-5-18-6-8-21-9-7-18/h1,3,10-11H,2,4-9H2,(H,15,19)(H,17,20). The molecule has 1 aliphatic rings. The molecule has 22 heavy (non-hydrogen) atoms. The van der Waals surface area contributed by atoms with E-state index in [1.807, 2.05) is 17.5 Å². The summed E-state index contributed by atoms with van der Waals surface area (Å²) in [5, 5.41) is 8.23. The van der Waals surface area contributed by atoms with E-state index < -0.39 is 11.8 Å². The maximum absolute atomic E-state index is 11.6. The number of thiophene rings is 1. The van der Waals surface area contributed by atoms with Crippen molar-refractivity contribution in [1.29, 1.82) is 0 Å². The molecule has 1 fully saturated rings. The molecule has 0 aromatic carbocycles. The zero-order valence-corrected chi connectivity index (χ0v) is 13.1. The van der Waals surface area contributed by atoms with Crippen molar-refractivity contribution in [3.63, 3.8) is 0 Å². The van der Waals surface area contributed by atoms with E-state index in [1.165, 1.54) is 17.6 Å². The summed E-state index contributed by atoms with van der Waals surface area (Å²) in [6.07, 6.45) is 2.31. The normalized spacial score (nSPS) is 15.8. The lowest BCUT2D eigenvalue weighted by atomic mass is 10.3. The van der Waals surface area contributed by atoms with Crippen LogP contribution < -0.4 is 10.7 Å². The number of carbonyl (C=O) groups excluding carboxylic acids is 2. The first-order valence-electron chi connectivity index (χ1n) is 7.20. The lowest BCUT2D eigenvalue weighted by molar-refractivity contribution is -0.139. The highest BCUT2D eigenvalue weighted by Gasteiger charge is 2.13. The Morgan fingerprint density at radius 1 is 1.36 bits per heavy atom. The van der Waals surface area contributed by atoms with E-state index >= 15 is 0 Å². The Balaban J connectivity index is 1.57. The largest absolute Gasteiger partial charge is 0.379 e. The van der Waals surface area contributed by atoms with Gasteiger partial charge in [0.15, 0.2) is 0 Å². The number of hydrogen-bond acceptors (Lipinski definition) is 6. The predicted octanol–water partition coefficient (Wildman–Crippen LogP) is 0.0367. The lowest BCUT2D eigenvalue weighted by Gasteiger charge is -2.26. The van der Waals surface area contributed by atoms with Gasteiger partial charge in [0.1, 0.15) is 0 Å². The van der Waals surface area contributed by atoms with Crippen molar-refractivity contribution in [3.05, 3.63) is 22.4 Å². The zero-order valence-electron chi connectivity index (χ0n) is 12.3. The topological polar surface area (TPSA) is 83.0 Å². The predicted molar refractivity (Wildman–Crippen MR) is 84.9 cm³/mol. The summed E-state index contributed by atoms with van der Waals surface area (Å²) in [7, 11) is 0. The molecule has 2 amide bonds. The van der Waals surface area contributed by atoms with Crippen molar-refractivity contribution in [3.8, 4) is 0 Å². The van der Waals surface area contributed by atoms with Crippen molar-refractivity contribution < 1.29 is 14.3 Å². The van der Waals surface area contributed by atoms with E-state index in [0.717, 1.165) is 44.1 Å². The number of morpholine rings is 1. The van der Waals surface area contributed by atoms with Crippen LogP contribution in [0.3, 0.4) is 0 Å². The van der Waals surface area contributed by atoms with Crippen LogP contribution in [0.15, 0.2) is 22.6 Å². The van der Waals surface area contributed by atoms with E-state index in [1.54, 1.807) is 0 Å². The number of nitrogens with one attached hydrogen (secondary N) is 2. The van der Waals surface area contributed by atoms with E-state index in [-0.39, 0.29) is 0 Å². The van der Waals surface area contributed by atoms with Gasteiger partial charge >= 0.3 is 11.8 Å². The average molecular weight is 324 g/mol. The molecule has 1 aromatic heterocycles. The molecule has 0 unspecified atom stereocenters. The molecular formula is C14H20N4O3S. The Kier molecular flexibility index (Phi) is 7.01. The lowest BCUT2D eigenvalue weighted by Crippen LogP contribution is -2.40. The first-order valence-corrected chi connectivity index (χ1v) is 8.08. The van der Waals surface area contributed by atoms with Crippen LogP contribution in [-0.4, -0.2) is 62.3 Å². The van der Waals surface area contributed by atoms with Crippen molar-refractivity contribution in [2.75, 3.05) is 39.4 Å². The first kappa shape index (κ1) is 16.6. The first-order chi connectivity index (χ1) is 10.8. The summed E-state index contributed by atoms with van der Waals surface area (Å²) in [6.45, 7) is 4.73. The Morgan fingerprint density at radius 2 is 2.18 bits per heavy atom. The highest BCUT2D eigenvalue weighted by molar-refractivity contribution is 7.11. The number of hydrazone groups is 1. The quantitative estimate of drug-likeness (QED) is 0.335. The summed E-state index contributed by atoms with van der Waals surface area (Å²) in [4.78, 5) is 26.3. The minimum Gasteiger partial charge on any atom is -0.379 e. The number of nitrogens with zero attached hydrogens (tertiary/aromatic N) is 2. The van der Waals surface area contributed by atoms with Crippen molar-refractivity contribution in [2.45, 2.75) is 6.42 Å². The highest BCUT2D eigenvalue weighted by Crippen LogP contribution is 2.04. The number of carbonyl (C=O) groups is 2. The summed E-state index contributed by atoms with van der Waals surface area (Å²) in [6, 6.07) is 3.75. The van der Waals surface area contributed by atoms with Gasteiger partial charge in [-0.2, -0.15) is 5.10 Å². The van der Waals surface area contributed by atoms with Crippen LogP contribution in [0, 0.1) is 0 Å². The van der Waals surface area contributed by atoms with Crippen molar-refractivity contribution in [1.82, 2.24) is 15.6 Å². The monoisotopic (exact) mass is 324 g/mol. The van der Waals surface area contributed by atoms with Gasteiger partial charge in [-0.15, -0.1) is 11.3 Å². The van der Waals surface area contributed by atoms with Crippen LogP contribution in [0.1, 0.15) is 11.3 Å². The number of hydrogen-bond donors (Lipinski definition) is 2. The molecule has 0 saturated carbocycles. The number of rotatable bonds is 6. The van der Waals surface area contributed by atoms with Gasteiger partial charge in [0.25, 0.3) is 0 Å². The van der Waals surface area contributed by atoms with Crippen LogP contribution in [-0.2, 0) is 14.3 Å². The maximum atomic E-state index is 11.6. The minimum atomic E-state index is -0.751. The third-order valence-corrected chi connectivity index (χ3v) is 3.95. The summed E-state index contributed by atoms with van der Waals surface area (Å²) >= 11 is 1.50. The fourth-order valence-corrected chi connectivity index (χ4v) is 2.56. The minimum absolute atomic E-state index is 0.470. The van der Waals surface area contributed by atoms with E-state index in [9.17, 15) is 9.59 Å². The average Bonchev–Trinajstić information content (AvgIpc) is 3.05. The van der Waals surface area contributed by atoms with Gasteiger partial charge in [0.05, 0.1) is 19.4 Å². The maximum Gasteiger partial charge on any atom is 0.329 e. The fraction of sp³-hybridized carbons (Fsp3) is 0.500. The smallest absolute Gasteiger partial charge is 0.329 e. The van der Waals surface area contributed by atoms with E-state index in [4.69, 9.17) is 4.74 Å². The van der Waals surface area contributed by atoms with Gasteiger partial charge in [-0.25, -0.2) is 5.43 Å². The molecule has 1 saturated heterocycles. The van der Waals surface area contributed by atoms with E-state index in [0.29, 0.717) is 6.54 Å². The summed E-state index contributed by atoms with van der Waals surface area (Å²) in [5.74, 6) is -1.41. The Morgan fingerprint density at radius 3 is 2.91 bits per heavy atom. The van der Waals surface area contributed by atoms with Gasteiger partial charge in [0, 0.05) is 24.5 Å². The molecule has 1 aromatic rings. The summed E-state index contributed by atoms with van der Waals surface area (Å²) < 4.78 is 5.26. The van der Waals surface area contributed by atoms with Crippen LogP contribution in [0.25, 0.3) is 0 Å². The molecule has 1 aliphatic heterocycles. The molecule has 7 nitrogen and oxygen atoms in total. The fourth-order valence-electron chi connectivity index (χ4n) is 1.98. The van der Waals surface area contributed by atoms with Crippen LogP contribution >= 0.6 is 11.3 Å². The van der Waals surface area contributed by atoms with Crippen molar-refractivity contribution >= 4 is 29.4 Å². The van der Waals surface area contributed by atoms with Gasteiger partial charge in [-0.1, -0.05) is 6.07 Å². The molecule has 2 rings (SSSR count). The zero-order chi connectivity index (χ0) is 15.6.